The molecular weight excluding hydrogens is 611 g/mol. The van der Waals surface area contributed by atoms with Gasteiger partial charge < -0.3 is 28.8 Å². The number of phosphoric ester groups is 1. The smallest absolute Gasteiger partial charge is 0.268 e. The van der Waals surface area contributed by atoms with Gasteiger partial charge in [0, 0.05) is 6.42 Å². The number of nitrogens with zero attached hydrogens (tertiary/aromatic N) is 1. The highest BCUT2D eigenvalue weighted by molar-refractivity contribution is 7.45. The Balaban J connectivity index is 4.54. The second-order valence-electron chi connectivity index (χ2n) is 13.9. The molecule has 0 aliphatic carbocycles. The number of hydrogen-bond acceptors (Lipinski definition) is 6. The minimum absolute atomic E-state index is 0.00521. The van der Waals surface area contributed by atoms with Crippen LogP contribution in [0.5, 0.6) is 0 Å². The molecule has 8 nitrogen and oxygen atoms in total. The van der Waals surface area contributed by atoms with Gasteiger partial charge in [-0.1, -0.05) is 134 Å². The molecular formula is C38H73N2O6P. The first-order valence-electron chi connectivity index (χ1n) is 18.8. The van der Waals surface area contributed by atoms with Crippen LogP contribution in [0.15, 0.2) is 36.5 Å². The van der Waals surface area contributed by atoms with E-state index in [-0.39, 0.29) is 19.1 Å². The van der Waals surface area contributed by atoms with Gasteiger partial charge in [-0.05, 0) is 44.9 Å². The lowest BCUT2D eigenvalue weighted by Crippen LogP contribution is -2.46. The van der Waals surface area contributed by atoms with Crippen LogP contribution in [0.25, 0.3) is 0 Å². The molecule has 47 heavy (non-hydrogen) atoms. The number of hydrogen-bond donors (Lipinski definition) is 2. The number of allylic oxidation sites excluding steroid dienone is 6. The van der Waals surface area contributed by atoms with E-state index in [1.165, 1.54) is 57.8 Å². The SMILES string of the molecule is CC/C=C\C/C=C\C/C=C\CCCCCC(=O)NC(COP(=O)([O-])OCC[N+](C)(C)C)C(O)CCCCCCCCCCCCCC. The van der Waals surface area contributed by atoms with Crippen LogP contribution in [0.2, 0.25) is 0 Å². The van der Waals surface area contributed by atoms with Crippen molar-refractivity contribution in [3.8, 4) is 0 Å². The Morgan fingerprint density at radius 1 is 0.766 bits per heavy atom. The quantitative estimate of drug-likeness (QED) is 0.0309. The zero-order chi connectivity index (χ0) is 35.1. The summed E-state index contributed by atoms with van der Waals surface area (Å²) in [6.07, 6.45) is 34.3. The molecule has 0 fully saturated rings. The van der Waals surface area contributed by atoms with Crippen LogP contribution in [0.1, 0.15) is 149 Å². The summed E-state index contributed by atoms with van der Waals surface area (Å²) >= 11 is 0. The predicted molar refractivity (Wildman–Crippen MR) is 196 cm³/mol. The number of phosphoric acid groups is 1. The molecule has 0 aliphatic rings. The third-order valence-corrected chi connectivity index (χ3v) is 9.11. The second-order valence-corrected chi connectivity index (χ2v) is 15.3. The van der Waals surface area contributed by atoms with Crippen LogP contribution in [-0.4, -0.2) is 68.5 Å². The molecule has 0 aromatic rings. The first-order valence-corrected chi connectivity index (χ1v) is 20.3. The molecule has 0 saturated carbocycles. The maximum Gasteiger partial charge on any atom is 0.268 e. The van der Waals surface area contributed by atoms with Gasteiger partial charge in [0.05, 0.1) is 39.9 Å². The van der Waals surface area contributed by atoms with Crippen molar-refractivity contribution in [1.29, 1.82) is 0 Å². The Labute approximate surface area is 289 Å². The summed E-state index contributed by atoms with van der Waals surface area (Å²) in [5.41, 5.74) is 0. The summed E-state index contributed by atoms with van der Waals surface area (Å²) in [5, 5.41) is 13.8. The van der Waals surface area contributed by atoms with Crippen molar-refractivity contribution in [1.82, 2.24) is 5.32 Å². The lowest BCUT2D eigenvalue weighted by atomic mass is 10.0. The highest BCUT2D eigenvalue weighted by atomic mass is 31.2. The van der Waals surface area contributed by atoms with Crippen molar-refractivity contribution in [2.75, 3.05) is 40.9 Å². The maximum atomic E-state index is 12.8. The molecule has 0 radical (unpaired) electrons. The summed E-state index contributed by atoms with van der Waals surface area (Å²) in [4.78, 5) is 25.1. The van der Waals surface area contributed by atoms with Gasteiger partial charge in [-0.15, -0.1) is 0 Å². The number of nitrogens with one attached hydrogen (secondary N) is 1. The van der Waals surface area contributed by atoms with Gasteiger partial charge >= 0.3 is 0 Å². The Morgan fingerprint density at radius 3 is 1.87 bits per heavy atom. The van der Waals surface area contributed by atoms with E-state index in [0.717, 1.165) is 64.2 Å². The first-order chi connectivity index (χ1) is 22.5. The van der Waals surface area contributed by atoms with E-state index in [9.17, 15) is 19.4 Å². The normalized spacial score (nSPS) is 15.1. The fourth-order valence-electron chi connectivity index (χ4n) is 5.11. The fraction of sp³-hybridized carbons (Fsp3) is 0.816. The third kappa shape index (κ3) is 33.0. The first kappa shape index (κ1) is 45.7. The van der Waals surface area contributed by atoms with E-state index in [1.54, 1.807) is 0 Å². The van der Waals surface area contributed by atoms with E-state index in [2.05, 4.69) is 55.6 Å². The Kier molecular flexibility index (Phi) is 29.9. The number of carbonyl (C=O) groups is 1. The van der Waals surface area contributed by atoms with Crippen molar-refractivity contribution in [3.05, 3.63) is 36.5 Å². The highest BCUT2D eigenvalue weighted by Crippen LogP contribution is 2.38. The summed E-state index contributed by atoms with van der Waals surface area (Å²) < 4.78 is 23.1. The molecule has 0 bridgehead atoms. The van der Waals surface area contributed by atoms with Crippen LogP contribution in [0.3, 0.4) is 0 Å². The summed E-state index contributed by atoms with van der Waals surface area (Å²) in [7, 11) is 1.28. The van der Waals surface area contributed by atoms with Gasteiger partial charge in [-0.25, -0.2) is 0 Å². The van der Waals surface area contributed by atoms with Crippen LogP contribution in [0, 0.1) is 0 Å². The van der Waals surface area contributed by atoms with E-state index < -0.39 is 20.0 Å². The van der Waals surface area contributed by atoms with Gasteiger partial charge in [0.2, 0.25) is 5.91 Å². The topological polar surface area (TPSA) is 108 Å². The van der Waals surface area contributed by atoms with E-state index in [4.69, 9.17) is 9.05 Å². The highest BCUT2D eigenvalue weighted by Gasteiger charge is 2.24. The molecule has 0 spiro atoms. The molecule has 276 valence electrons. The van der Waals surface area contributed by atoms with Crippen LogP contribution >= 0.6 is 7.82 Å². The van der Waals surface area contributed by atoms with Crippen molar-refractivity contribution in [2.45, 2.75) is 161 Å². The molecule has 0 aromatic carbocycles. The number of unbranched alkanes of at least 4 members (excludes halogenated alkanes) is 14. The molecule has 0 rings (SSSR count). The Hall–Kier alpha value is -1.28. The number of aliphatic hydroxyl groups is 1. The monoisotopic (exact) mass is 685 g/mol. The van der Waals surface area contributed by atoms with Gasteiger partial charge in [0.1, 0.15) is 13.2 Å². The number of quaternary nitrogens is 1. The number of aliphatic hydroxyl groups excluding tert-OH is 1. The number of amides is 1. The van der Waals surface area contributed by atoms with Crippen molar-refractivity contribution < 1.29 is 32.9 Å². The molecule has 0 saturated heterocycles. The van der Waals surface area contributed by atoms with Gasteiger partial charge in [-0.2, -0.15) is 0 Å². The van der Waals surface area contributed by atoms with Gasteiger partial charge in [-0.3, -0.25) is 9.36 Å². The Morgan fingerprint density at radius 2 is 1.30 bits per heavy atom. The molecule has 9 heteroatoms. The zero-order valence-corrected chi connectivity index (χ0v) is 31.9. The third-order valence-electron chi connectivity index (χ3n) is 8.14. The molecule has 2 N–H and O–H groups in total. The maximum absolute atomic E-state index is 12.8. The van der Waals surface area contributed by atoms with Crippen LogP contribution in [0.4, 0.5) is 0 Å². The summed E-state index contributed by atoms with van der Waals surface area (Å²) in [5.74, 6) is -0.197. The number of likely N-dealkylation sites (N-methyl/N-ethyl adjacent to an activating group) is 1. The standard InChI is InChI=1S/C38H73N2O6P/c1-6-8-10-12-14-16-18-20-22-24-26-28-30-32-38(42)39-36(35-46-47(43,44)45-34-33-40(3,4)5)37(41)31-29-27-25-23-21-19-17-15-13-11-9-7-2/h8,10,14,16,20,22,36-37,41H,6-7,9,11-13,15,17-19,21,23-35H2,1-5H3,(H-,39,42,43,44)/b10-8-,16-14-,22-20-. The van der Waals surface area contributed by atoms with Gasteiger partial charge in [0.25, 0.3) is 7.82 Å². The lowest BCUT2D eigenvalue weighted by Gasteiger charge is -2.30. The zero-order valence-electron chi connectivity index (χ0n) is 31.0. The fourth-order valence-corrected chi connectivity index (χ4v) is 5.83. The average molecular weight is 685 g/mol. The minimum atomic E-state index is -4.56. The molecule has 0 aliphatic heterocycles. The molecule has 0 heterocycles. The molecule has 0 aromatic heterocycles. The molecule has 1 amide bonds. The number of carbonyl (C=O) groups excluding carboxylic acids is 1. The number of rotatable bonds is 33. The van der Waals surface area contributed by atoms with E-state index in [0.29, 0.717) is 23.9 Å². The minimum Gasteiger partial charge on any atom is -0.756 e. The largest absolute Gasteiger partial charge is 0.756 e. The van der Waals surface area contributed by atoms with Gasteiger partial charge in [0.15, 0.2) is 0 Å². The van der Waals surface area contributed by atoms with E-state index in [1.807, 2.05) is 21.1 Å². The molecule has 3 unspecified atom stereocenters. The van der Waals surface area contributed by atoms with Crippen molar-refractivity contribution in [3.63, 3.8) is 0 Å². The van der Waals surface area contributed by atoms with Crippen LogP contribution < -0.4 is 10.2 Å². The average Bonchev–Trinajstić information content (AvgIpc) is 3.01. The van der Waals surface area contributed by atoms with Crippen molar-refractivity contribution >= 4 is 13.7 Å². The Bertz CT molecular complexity index is 871. The van der Waals surface area contributed by atoms with E-state index >= 15 is 0 Å². The lowest BCUT2D eigenvalue weighted by molar-refractivity contribution is -0.870. The van der Waals surface area contributed by atoms with Crippen molar-refractivity contribution in [2.24, 2.45) is 0 Å². The van der Waals surface area contributed by atoms with Crippen LogP contribution in [-0.2, 0) is 18.4 Å². The second kappa shape index (κ2) is 30.8. The predicted octanol–water partition coefficient (Wildman–Crippen LogP) is 8.94. The molecule has 3 atom stereocenters. The summed E-state index contributed by atoms with van der Waals surface area (Å²) in [6.45, 7) is 4.54. The summed E-state index contributed by atoms with van der Waals surface area (Å²) in [6, 6.07) is -0.812.